The van der Waals surface area contributed by atoms with Crippen LogP contribution in [0.25, 0.3) is 0 Å². The molecule has 0 heterocycles. The summed E-state index contributed by atoms with van der Waals surface area (Å²) >= 11 is 0. The molecule has 0 aliphatic rings. The molecule has 0 aromatic rings. The highest BCUT2D eigenvalue weighted by Crippen LogP contribution is 2.29. The largest absolute Gasteiger partial charge is 0.496 e. The summed E-state index contributed by atoms with van der Waals surface area (Å²) in [5.74, 6) is 0.689. The second-order valence-electron chi connectivity index (χ2n) is 3.87. The van der Waals surface area contributed by atoms with E-state index in [4.69, 9.17) is 4.74 Å². The van der Waals surface area contributed by atoms with Gasteiger partial charge in [-0.05, 0) is 31.8 Å². The Balaban J connectivity index is 4.46. The Morgan fingerprint density at radius 2 is 2.00 bits per heavy atom. The highest BCUT2D eigenvalue weighted by Gasteiger charge is 2.29. The third kappa shape index (κ3) is 3.39. The molecule has 0 saturated heterocycles. The standard InChI is InChI=1S/C11H22O2/c1-6-9(13-8-3)10(12)11(4,5)7-2/h6,10,12H,7-8H2,1-5H3/b9-6-. The maximum atomic E-state index is 9.97. The van der Waals surface area contributed by atoms with Crippen LogP contribution < -0.4 is 0 Å². The van der Waals surface area contributed by atoms with Gasteiger partial charge in [-0.1, -0.05) is 20.8 Å². The molecule has 2 nitrogen and oxygen atoms in total. The Hall–Kier alpha value is -0.500. The van der Waals surface area contributed by atoms with E-state index in [9.17, 15) is 5.11 Å². The molecule has 0 fully saturated rings. The molecule has 1 N–H and O–H groups in total. The molecule has 0 aromatic carbocycles. The highest BCUT2D eigenvalue weighted by atomic mass is 16.5. The minimum Gasteiger partial charge on any atom is -0.496 e. The van der Waals surface area contributed by atoms with Gasteiger partial charge >= 0.3 is 0 Å². The van der Waals surface area contributed by atoms with Crippen molar-refractivity contribution < 1.29 is 9.84 Å². The molecule has 1 atom stereocenters. The smallest absolute Gasteiger partial charge is 0.121 e. The molecule has 0 aromatic heterocycles. The van der Waals surface area contributed by atoms with E-state index in [1.54, 1.807) is 0 Å². The zero-order valence-corrected chi connectivity index (χ0v) is 9.42. The molecule has 0 aliphatic carbocycles. The zero-order valence-electron chi connectivity index (χ0n) is 9.42. The van der Waals surface area contributed by atoms with Crippen molar-refractivity contribution in [3.8, 4) is 0 Å². The molecule has 1 unspecified atom stereocenters. The Labute approximate surface area is 81.6 Å². The van der Waals surface area contributed by atoms with Crippen LogP contribution >= 0.6 is 0 Å². The van der Waals surface area contributed by atoms with Crippen LogP contribution in [0.5, 0.6) is 0 Å². The number of rotatable bonds is 5. The predicted octanol–water partition coefficient (Wildman–Crippen LogP) is 2.72. The van der Waals surface area contributed by atoms with Crippen molar-refractivity contribution in [1.82, 2.24) is 0 Å². The Kier molecular flexibility index (Phi) is 5.07. The SMILES string of the molecule is C/C=C(\OCC)C(O)C(C)(C)CC. The minimum atomic E-state index is -0.498. The van der Waals surface area contributed by atoms with Gasteiger partial charge in [-0.2, -0.15) is 0 Å². The number of aliphatic hydroxyl groups is 1. The maximum Gasteiger partial charge on any atom is 0.121 e. The van der Waals surface area contributed by atoms with E-state index in [-0.39, 0.29) is 5.41 Å². The molecule has 2 heteroatoms. The summed E-state index contributed by atoms with van der Waals surface area (Å²) in [7, 11) is 0. The predicted molar refractivity (Wildman–Crippen MR) is 55.5 cm³/mol. The Morgan fingerprint density at radius 1 is 1.46 bits per heavy atom. The third-order valence-corrected chi connectivity index (χ3v) is 2.52. The molecule has 0 rings (SSSR count). The molecular weight excluding hydrogens is 164 g/mol. The molecule has 0 amide bonds. The third-order valence-electron chi connectivity index (χ3n) is 2.52. The van der Waals surface area contributed by atoms with Crippen LogP contribution in [0.1, 0.15) is 41.0 Å². The summed E-state index contributed by atoms with van der Waals surface area (Å²) < 4.78 is 5.35. The summed E-state index contributed by atoms with van der Waals surface area (Å²) in [5.41, 5.74) is -0.114. The average Bonchev–Trinajstić information content (AvgIpc) is 2.13. The number of allylic oxidation sites excluding steroid dienone is 1. The molecule has 0 spiro atoms. The van der Waals surface area contributed by atoms with Gasteiger partial charge in [0.15, 0.2) is 0 Å². The lowest BCUT2D eigenvalue weighted by molar-refractivity contribution is 0.0230. The molecule has 13 heavy (non-hydrogen) atoms. The number of ether oxygens (including phenoxy) is 1. The van der Waals surface area contributed by atoms with Crippen molar-refractivity contribution in [3.63, 3.8) is 0 Å². The van der Waals surface area contributed by atoms with E-state index in [2.05, 4.69) is 6.92 Å². The second kappa shape index (κ2) is 5.28. The van der Waals surface area contributed by atoms with Crippen LogP contribution in [0.3, 0.4) is 0 Å². The molecule has 78 valence electrons. The van der Waals surface area contributed by atoms with E-state index in [0.29, 0.717) is 12.4 Å². The molecule has 0 bridgehead atoms. The van der Waals surface area contributed by atoms with Crippen molar-refractivity contribution in [2.45, 2.75) is 47.1 Å². The molecule has 0 radical (unpaired) electrons. The topological polar surface area (TPSA) is 29.5 Å². The van der Waals surface area contributed by atoms with Crippen molar-refractivity contribution in [3.05, 3.63) is 11.8 Å². The molecule has 0 aliphatic heterocycles. The molecular formula is C11H22O2. The van der Waals surface area contributed by atoms with Crippen LogP contribution in [-0.4, -0.2) is 17.8 Å². The summed E-state index contributed by atoms with van der Waals surface area (Å²) in [6.07, 6.45) is 2.27. The molecule has 0 saturated carbocycles. The average molecular weight is 186 g/mol. The first-order valence-electron chi connectivity index (χ1n) is 4.96. The fourth-order valence-corrected chi connectivity index (χ4v) is 1.07. The number of aliphatic hydroxyl groups excluding tert-OH is 1. The summed E-state index contributed by atoms with van der Waals surface area (Å²) in [5, 5.41) is 9.97. The van der Waals surface area contributed by atoms with Gasteiger partial charge < -0.3 is 9.84 Å². The lowest BCUT2D eigenvalue weighted by Crippen LogP contribution is -2.31. The summed E-state index contributed by atoms with van der Waals surface area (Å²) in [6.45, 7) is 10.6. The van der Waals surface area contributed by atoms with Crippen molar-refractivity contribution in [2.24, 2.45) is 5.41 Å². The van der Waals surface area contributed by atoms with E-state index in [1.165, 1.54) is 0 Å². The monoisotopic (exact) mass is 186 g/mol. The Bertz CT molecular complexity index is 171. The van der Waals surface area contributed by atoms with Gasteiger partial charge in [0.2, 0.25) is 0 Å². The van der Waals surface area contributed by atoms with Crippen LogP contribution in [0.2, 0.25) is 0 Å². The Morgan fingerprint density at radius 3 is 2.31 bits per heavy atom. The first-order valence-corrected chi connectivity index (χ1v) is 4.96. The lowest BCUT2D eigenvalue weighted by Gasteiger charge is -2.30. The summed E-state index contributed by atoms with van der Waals surface area (Å²) in [4.78, 5) is 0. The van der Waals surface area contributed by atoms with Crippen LogP contribution in [0, 0.1) is 5.41 Å². The van der Waals surface area contributed by atoms with E-state index in [1.807, 2.05) is 33.8 Å². The van der Waals surface area contributed by atoms with Gasteiger partial charge in [-0.3, -0.25) is 0 Å². The zero-order chi connectivity index (χ0) is 10.5. The fraction of sp³-hybridized carbons (Fsp3) is 0.818. The second-order valence-corrected chi connectivity index (χ2v) is 3.87. The number of hydrogen-bond donors (Lipinski definition) is 1. The van der Waals surface area contributed by atoms with E-state index < -0.39 is 6.10 Å². The normalized spacial score (nSPS) is 15.7. The van der Waals surface area contributed by atoms with Crippen LogP contribution in [0.15, 0.2) is 11.8 Å². The number of hydrogen-bond acceptors (Lipinski definition) is 2. The quantitative estimate of drug-likeness (QED) is 0.669. The lowest BCUT2D eigenvalue weighted by atomic mass is 9.83. The van der Waals surface area contributed by atoms with Gasteiger partial charge in [-0.15, -0.1) is 0 Å². The van der Waals surface area contributed by atoms with Crippen molar-refractivity contribution >= 4 is 0 Å². The van der Waals surface area contributed by atoms with Crippen LogP contribution in [-0.2, 0) is 4.74 Å². The first-order chi connectivity index (χ1) is 5.99. The fourth-order valence-electron chi connectivity index (χ4n) is 1.07. The van der Waals surface area contributed by atoms with Crippen molar-refractivity contribution in [2.75, 3.05) is 6.61 Å². The van der Waals surface area contributed by atoms with Crippen molar-refractivity contribution in [1.29, 1.82) is 0 Å². The maximum absolute atomic E-state index is 9.97. The highest BCUT2D eigenvalue weighted by molar-refractivity contribution is 5.03. The minimum absolute atomic E-state index is 0.114. The van der Waals surface area contributed by atoms with Gasteiger partial charge in [0, 0.05) is 0 Å². The summed E-state index contributed by atoms with van der Waals surface area (Å²) in [6, 6.07) is 0. The van der Waals surface area contributed by atoms with E-state index >= 15 is 0 Å². The van der Waals surface area contributed by atoms with Crippen LogP contribution in [0.4, 0.5) is 0 Å². The van der Waals surface area contributed by atoms with Gasteiger partial charge in [0.05, 0.1) is 6.61 Å². The van der Waals surface area contributed by atoms with E-state index in [0.717, 1.165) is 6.42 Å². The van der Waals surface area contributed by atoms with Gasteiger partial charge in [-0.25, -0.2) is 0 Å². The van der Waals surface area contributed by atoms with Gasteiger partial charge in [0.1, 0.15) is 11.9 Å². The first kappa shape index (κ1) is 12.5. The van der Waals surface area contributed by atoms with Gasteiger partial charge in [0.25, 0.3) is 0 Å².